The van der Waals surface area contributed by atoms with Crippen LogP contribution in [-0.4, -0.2) is 48.1 Å². The van der Waals surface area contributed by atoms with E-state index in [1.165, 1.54) is 50.3 Å². The summed E-state index contributed by atoms with van der Waals surface area (Å²) in [5.74, 6) is 2.52. The molecule has 3 heterocycles. The van der Waals surface area contributed by atoms with E-state index in [1.807, 2.05) is 0 Å². The minimum absolute atomic E-state index is 0.640. The molecular weight excluding hydrogens is 224 g/mol. The smallest absolute Gasteiger partial charge is 0.109 e. The lowest BCUT2D eigenvalue weighted by molar-refractivity contribution is 0.248. The standard InChI is InChI=1S/C14H24N4/c1-18-8-2-3-12(10-18)13-9-16-14(17-13)11-4-6-15-7-5-11/h9,11-12,15H,2-8,10H2,1H3,(H,16,17). The van der Waals surface area contributed by atoms with Gasteiger partial charge in [-0.2, -0.15) is 0 Å². The van der Waals surface area contributed by atoms with Crippen LogP contribution in [0, 0.1) is 0 Å². The molecule has 2 N–H and O–H groups in total. The Morgan fingerprint density at radius 1 is 1.22 bits per heavy atom. The van der Waals surface area contributed by atoms with E-state index >= 15 is 0 Å². The Kier molecular flexibility index (Phi) is 3.66. The number of aromatic amines is 1. The number of hydrogen-bond acceptors (Lipinski definition) is 3. The maximum atomic E-state index is 4.64. The maximum absolute atomic E-state index is 4.64. The van der Waals surface area contributed by atoms with Crippen LogP contribution in [0.3, 0.4) is 0 Å². The highest BCUT2D eigenvalue weighted by atomic mass is 15.1. The van der Waals surface area contributed by atoms with E-state index < -0.39 is 0 Å². The third-order valence-electron chi connectivity index (χ3n) is 4.41. The Hall–Kier alpha value is -0.870. The summed E-state index contributed by atoms with van der Waals surface area (Å²) < 4.78 is 0. The highest BCUT2D eigenvalue weighted by Gasteiger charge is 2.23. The molecule has 4 heteroatoms. The van der Waals surface area contributed by atoms with Crippen LogP contribution in [0.1, 0.15) is 49.0 Å². The van der Waals surface area contributed by atoms with Crippen molar-refractivity contribution in [3.63, 3.8) is 0 Å². The predicted molar refractivity (Wildman–Crippen MR) is 72.9 cm³/mol. The van der Waals surface area contributed by atoms with E-state index in [9.17, 15) is 0 Å². The van der Waals surface area contributed by atoms with Crippen molar-refractivity contribution in [2.45, 2.75) is 37.5 Å². The molecule has 0 aliphatic carbocycles. The number of hydrogen-bond donors (Lipinski definition) is 2. The number of nitrogens with zero attached hydrogens (tertiary/aromatic N) is 2. The van der Waals surface area contributed by atoms with Crippen LogP contribution in [0.25, 0.3) is 0 Å². The molecule has 2 aliphatic rings. The second-order valence-electron chi connectivity index (χ2n) is 5.85. The van der Waals surface area contributed by atoms with Gasteiger partial charge in [0.05, 0.1) is 0 Å². The largest absolute Gasteiger partial charge is 0.345 e. The van der Waals surface area contributed by atoms with Crippen molar-refractivity contribution < 1.29 is 0 Å². The normalized spacial score (nSPS) is 27.5. The third-order valence-corrected chi connectivity index (χ3v) is 4.41. The van der Waals surface area contributed by atoms with Crippen LogP contribution in [-0.2, 0) is 0 Å². The molecule has 0 aromatic carbocycles. The summed E-state index contributed by atoms with van der Waals surface area (Å²) >= 11 is 0. The van der Waals surface area contributed by atoms with E-state index in [1.54, 1.807) is 0 Å². The van der Waals surface area contributed by atoms with E-state index in [0.29, 0.717) is 11.8 Å². The second-order valence-corrected chi connectivity index (χ2v) is 5.85. The Morgan fingerprint density at radius 3 is 2.83 bits per heavy atom. The zero-order chi connectivity index (χ0) is 12.4. The average Bonchev–Trinajstić information content (AvgIpc) is 2.89. The number of imidazole rings is 1. The molecule has 0 spiro atoms. The highest BCUT2D eigenvalue weighted by Crippen LogP contribution is 2.28. The lowest BCUT2D eigenvalue weighted by Gasteiger charge is -2.29. The van der Waals surface area contributed by atoms with E-state index in [0.717, 1.165) is 13.1 Å². The summed E-state index contributed by atoms with van der Waals surface area (Å²) in [5.41, 5.74) is 1.36. The van der Waals surface area contributed by atoms with Crippen molar-refractivity contribution in [2.24, 2.45) is 0 Å². The van der Waals surface area contributed by atoms with Crippen LogP contribution < -0.4 is 5.32 Å². The predicted octanol–water partition coefficient (Wildman–Crippen LogP) is 1.69. The summed E-state index contributed by atoms with van der Waals surface area (Å²) in [4.78, 5) is 10.7. The van der Waals surface area contributed by atoms with Crippen LogP contribution in [0.2, 0.25) is 0 Å². The fourth-order valence-electron chi connectivity index (χ4n) is 3.28. The SMILES string of the molecule is CN1CCCC(c2cnc(C3CCNCC3)[nH]2)C1. The van der Waals surface area contributed by atoms with E-state index in [4.69, 9.17) is 0 Å². The molecule has 0 bridgehead atoms. The molecule has 3 rings (SSSR count). The van der Waals surface area contributed by atoms with Crippen LogP contribution in [0.15, 0.2) is 6.20 Å². The number of piperidine rings is 2. The van der Waals surface area contributed by atoms with Crippen LogP contribution >= 0.6 is 0 Å². The Bertz CT molecular complexity index is 381. The minimum Gasteiger partial charge on any atom is -0.345 e. The van der Waals surface area contributed by atoms with Crippen LogP contribution in [0.5, 0.6) is 0 Å². The summed E-state index contributed by atoms with van der Waals surface area (Å²) in [7, 11) is 2.22. The lowest BCUT2D eigenvalue weighted by atomic mass is 9.95. The summed E-state index contributed by atoms with van der Waals surface area (Å²) in [6.07, 6.45) is 7.14. The zero-order valence-corrected chi connectivity index (χ0v) is 11.3. The van der Waals surface area contributed by atoms with Crippen molar-refractivity contribution in [1.29, 1.82) is 0 Å². The number of rotatable bonds is 2. The number of likely N-dealkylation sites (tertiary alicyclic amines) is 1. The topological polar surface area (TPSA) is 44.0 Å². The van der Waals surface area contributed by atoms with Crippen molar-refractivity contribution in [3.05, 3.63) is 17.7 Å². The van der Waals surface area contributed by atoms with Gasteiger partial charge in [0.15, 0.2) is 0 Å². The van der Waals surface area contributed by atoms with Gasteiger partial charge in [0, 0.05) is 30.3 Å². The monoisotopic (exact) mass is 248 g/mol. The number of H-pyrrole nitrogens is 1. The number of nitrogens with one attached hydrogen (secondary N) is 2. The van der Waals surface area contributed by atoms with Crippen molar-refractivity contribution in [2.75, 3.05) is 33.2 Å². The molecule has 18 heavy (non-hydrogen) atoms. The van der Waals surface area contributed by atoms with Crippen molar-refractivity contribution in [1.82, 2.24) is 20.2 Å². The van der Waals surface area contributed by atoms with Gasteiger partial charge in [0.25, 0.3) is 0 Å². The third kappa shape index (κ3) is 2.59. The molecule has 1 unspecified atom stereocenters. The number of likely N-dealkylation sites (N-methyl/N-ethyl adjacent to an activating group) is 1. The molecule has 4 nitrogen and oxygen atoms in total. The van der Waals surface area contributed by atoms with Gasteiger partial charge in [-0.05, 0) is 52.4 Å². The lowest BCUT2D eigenvalue weighted by Crippen LogP contribution is -2.31. The van der Waals surface area contributed by atoms with E-state index in [-0.39, 0.29) is 0 Å². The molecule has 1 atom stereocenters. The Labute approximate surface area is 109 Å². The van der Waals surface area contributed by atoms with Gasteiger partial charge in [0.1, 0.15) is 5.82 Å². The molecule has 100 valence electrons. The highest BCUT2D eigenvalue weighted by molar-refractivity contribution is 5.12. The maximum Gasteiger partial charge on any atom is 0.109 e. The van der Waals surface area contributed by atoms with Crippen LogP contribution in [0.4, 0.5) is 0 Å². The summed E-state index contributed by atoms with van der Waals surface area (Å²) in [5, 5.41) is 3.41. The van der Waals surface area contributed by atoms with Gasteiger partial charge in [-0.3, -0.25) is 0 Å². The Balaban J connectivity index is 1.68. The first kappa shape index (κ1) is 12.2. The van der Waals surface area contributed by atoms with Gasteiger partial charge < -0.3 is 15.2 Å². The molecule has 1 aromatic heterocycles. The fourth-order valence-corrected chi connectivity index (χ4v) is 3.28. The molecular formula is C14H24N4. The number of aromatic nitrogens is 2. The summed E-state index contributed by atoms with van der Waals surface area (Å²) in [6.45, 7) is 4.68. The quantitative estimate of drug-likeness (QED) is 0.837. The fraction of sp³-hybridized carbons (Fsp3) is 0.786. The second kappa shape index (κ2) is 5.41. The minimum atomic E-state index is 0.640. The van der Waals surface area contributed by atoms with Crippen molar-refractivity contribution in [3.8, 4) is 0 Å². The van der Waals surface area contributed by atoms with Gasteiger partial charge in [-0.25, -0.2) is 4.98 Å². The first-order chi connectivity index (χ1) is 8.83. The molecule has 1 aromatic rings. The molecule has 0 radical (unpaired) electrons. The molecule has 2 fully saturated rings. The molecule has 2 saturated heterocycles. The van der Waals surface area contributed by atoms with Crippen molar-refractivity contribution >= 4 is 0 Å². The first-order valence-corrected chi connectivity index (χ1v) is 7.27. The molecule has 2 aliphatic heterocycles. The average molecular weight is 248 g/mol. The van der Waals surface area contributed by atoms with Gasteiger partial charge >= 0.3 is 0 Å². The van der Waals surface area contributed by atoms with Gasteiger partial charge in [-0.15, -0.1) is 0 Å². The van der Waals surface area contributed by atoms with E-state index in [2.05, 4.69) is 33.4 Å². The molecule has 0 saturated carbocycles. The van der Waals surface area contributed by atoms with Gasteiger partial charge in [0.2, 0.25) is 0 Å². The van der Waals surface area contributed by atoms with Gasteiger partial charge in [-0.1, -0.05) is 0 Å². The Morgan fingerprint density at radius 2 is 2.06 bits per heavy atom. The first-order valence-electron chi connectivity index (χ1n) is 7.27. The zero-order valence-electron chi connectivity index (χ0n) is 11.3. The summed E-state index contributed by atoms with van der Waals surface area (Å²) in [6, 6.07) is 0. The molecule has 0 amide bonds.